The Labute approximate surface area is 112 Å². The molecule has 1 aromatic carbocycles. The van der Waals surface area contributed by atoms with Crippen LogP contribution in [0.2, 0.25) is 0 Å². The molecule has 2 nitrogen and oxygen atoms in total. The summed E-state index contributed by atoms with van der Waals surface area (Å²) >= 11 is 6.09. The van der Waals surface area contributed by atoms with Crippen molar-refractivity contribution in [3.8, 4) is 0 Å². The number of alkyl halides is 1. The van der Waals surface area contributed by atoms with E-state index in [1.165, 1.54) is 6.07 Å². The molecule has 0 unspecified atom stereocenters. The molecule has 0 bridgehead atoms. The minimum Gasteiger partial charge on any atom is -0.381 e. The molecule has 0 spiro atoms. The van der Waals surface area contributed by atoms with Gasteiger partial charge in [-0.05, 0) is 43.0 Å². The van der Waals surface area contributed by atoms with Gasteiger partial charge in [0.05, 0.1) is 0 Å². The molecular formula is C14H19ClFNO. The minimum atomic E-state index is -0.186. The van der Waals surface area contributed by atoms with E-state index in [9.17, 15) is 4.39 Å². The zero-order valence-electron chi connectivity index (χ0n) is 10.6. The molecule has 1 aromatic rings. The van der Waals surface area contributed by atoms with Crippen molar-refractivity contribution in [2.45, 2.75) is 31.8 Å². The topological polar surface area (TPSA) is 21.3 Å². The second-order valence-corrected chi connectivity index (χ2v) is 5.22. The molecule has 100 valence electrons. The Kier molecular flexibility index (Phi) is 4.60. The van der Waals surface area contributed by atoms with Crippen molar-refractivity contribution in [3.05, 3.63) is 35.1 Å². The maximum atomic E-state index is 13.0. The first kappa shape index (κ1) is 13.8. The Morgan fingerprint density at radius 2 is 2.11 bits per heavy atom. The van der Waals surface area contributed by atoms with Crippen molar-refractivity contribution in [3.63, 3.8) is 0 Å². The summed E-state index contributed by atoms with van der Waals surface area (Å²) in [6, 6.07) is 4.90. The zero-order valence-corrected chi connectivity index (χ0v) is 11.4. The van der Waals surface area contributed by atoms with Gasteiger partial charge in [-0.3, -0.25) is 0 Å². The maximum absolute atomic E-state index is 13.0. The molecule has 0 atom stereocenters. The van der Waals surface area contributed by atoms with Gasteiger partial charge in [0.15, 0.2) is 0 Å². The third-order valence-corrected chi connectivity index (χ3v) is 4.18. The first-order valence-electron chi connectivity index (χ1n) is 6.29. The molecule has 1 saturated heterocycles. The molecule has 0 aliphatic carbocycles. The van der Waals surface area contributed by atoms with Gasteiger partial charge >= 0.3 is 0 Å². The fraction of sp³-hybridized carbons (Fsp3) is 0.571. The summed E-state index contributed by atoms with van der Waals surface area (Å²) in [5.74, 6) is 0.394. The average molecular weight is 272 g/mol. The van der Waals surface area contributed by atoms with Gasteiger partial charge in [-0.1, -0.05) is 6.07 Å². The molecule has 0 aromatic heterocycles. The van der Waals surface area contributed by atoms with Crippen LogP contribution in [0, 0.1) is 12.7 Å². The molecule has 2 rings (SSSR count). The standard InChI is InChI=1S/C14H19ClFNO/c1-11-8-13(16)3-2-12(11)9-17-14(10-15)4-6-18-7-5-14/h2-3,8,17H,4-7,9-10H2,1H3. The SMILES string of the molecule is Cc1cc(F)ccc1CNC1(CCl)CCOCC1. The summed E-state index contributed by atoms with van der Waals surface area (Å²) in [5, 5.41) is 3.53. The number of rotatable bonds is 4. The van der Waals surface area contributed by atoms with E-state index in [1.54, 1.807) is 6.07 Å². The molecule has 0 saturated carbocycles. The number of nitrogens with one attached hydrogen (secondary N) is 1. The Hall–Kier alpha value is -0.640. The Bertz CT molecular complexity index is 405. The van der Waals surface area contributed by atoms with Gasteiger partial charge in [0, 0.05) is 31.2 Å². The molecule has 1 N–H and O–H groups in total. The van der Waals surface area contributed by atoms with Crippen molar-refractivity contribution in [2.75, 3.05) is 19.1 Å². The molecular weight excluding hydrogens is 253 g/mol. The summed E-state index contributed by atoms with van der Waals surface area (Å²) in [6.45, 7) is 4.15. The van der Waals surface area contributed by atoms with E-state index in [0.29, 0.717) is 5.88 Å². The fourth-order valence-corrected chi connectivity index (χ4v) is 2.62. The largest absolute Gasteiger partial charge is 0.381 e. The van der Waals surface area contributed by atoms with Gasteiger partial charge in [-0.2, -0.15) is 0 Å². The van der Waals surface area contributed by atoms with Crippen molar-refractivity contribution in [1.29, 1.82) is 0 Å². The first-order valence-corrected chi connectivity index (χ1v) is 6.82. The molecule has 1 aliphatic heterocycles. The monoisotopic (exact) mass is 271 g/mol. The quantitative estimate of drug-likeness (QED) is 0.850. The van der Waals surface area contributed by atoms with Crippen LogP contribution in [-0.2, 0) is 11.3 Å². The summed E-state index contributed by atoms with van der Waals surface area (Å²) in [6.07, 6.45) is 1.85. The van der Waals surface area contributed by atoms with Gasteiger partial charge in [0.2, 0.25) is 0 Å². The lowest BCUT2D eigenvalue weighted by molar-refractivity contribution is 0.0459. The lowest BCUT2D eigenvalue weighted by Gasteiger charge is -2.36. The number of benzene rings is 1. The Balaban J connectivity index is 2.01. The van der Waals surface area contributed by atoms with Crippen LogP contribution in [0.15, 0.2) is 18.2 Å². The summed E-state index contributed by atoms with van der Waals surface area (Å²) in [7, 11) is 0. The summed E-state index contributed by atoms with van der Waals surface area (Å²) in [4.78, 5) is 0. The molecule has 1 heterocycles. The fourth-order valence-electron chi connectivity index (χ4n) is 2.26. The van der Waals surface area contributed by atoms with Crippen LogP contribution in [0.4, 0.5) is 4.39 Å². The smallest absolute Gasteiger partial charge is 0.123 e. The van der Waals surface area contributed by atoms with Crippen LogP contribution in [0.3, 0.4) is 0 Å². The Morgan fingerprint density at radius 1 is 1.39 bits per heavy atom. The third kappa shape index (κ3) is 3.22. The number of aryl methyl sites for hydroxylation is 1. The number of hydrogen-bond donors (Lipinski definition) is 1. The van der Waals surface area contributed by atoms with Gasteiger partial charge in [-0.25, -0.2) is 4.39 Å². The average Bonchev–Trinajstić information content (AvgIpc) is 2.39. The molecule has 1 aliphatic rings. The van der Waals surface area contributed by atoms with Crippen LogP contribution in [0.1, 0.15) is 24.0 Å². The molecule has 18 heavy (non-hydrogen) atoms. The number of hydrogen-bond acceptors (Lipinski definition) is 2. The van der Waals surface area contributed by atoms with E-state index in [-0.39, 0.29) is 11.4 Å². The van der Waals surface area contributed by atoms with E-state index in [0.717, 1.165) is 43.7 Å². The predicted molar refractivity (Wildman–Crippen MR) is 71.5 cm³/mol. The second-order valence-electron chi connectivity index (χ2n) is 4.95. The van der Waals surface area contributed by atoms with Crippen LogP contribution in [0.25, 0.3) is 0 Å². The molecule has 1 fully saturated rings. The summed E-state index contributed by atoms with van der Waals surface area (Å²) in [5.41, 5.74) is 2.05. The highest BCUT2D eigenvalue weighted by molar-refractivity contribution is 6.18. The highest BCUT2D eigenvalue weighted by Gasteiger charge is 2.31. The zero-order chi connectivity index (χ0) is 13.0. The van der Waals surface area contributed by atoms with Crippen LogP contribution in [0.5, 0.6) is 0 Å². The van der Waals surface area contributed by atoms with Gasteiger partial charge in [0.25, 0.3) is 0 Å². The maximum Gasteiger partial charge on any atom is 0.123 e. The van der Waals surface area contributed by atoms with Crippen LogP contribution in [-0.4, -0.2) is 24.6 Å². The predicted octanol–water partition coefficient (Wildman–Crippen LogP) is 3.01. The second kappa shape index (κ2) is 6.00. The minimum absolute atomic E-state index is 0.0410. The molecule has 0 radical (unpaired) electrons. The summed E-state index contributed by atoms with van der Waals surface area (Å²) < 4.78 is 18.4. The third-order valence-electron chi connectivity index (χ3n) is 3.66. The lowest BCUT2D eigenvalue weighted by Crippen LogP contribution is -2.50. The van der Waals surface area contributed by atoms with E-state index in [1.807, 2.05) is 13.0 Å². The van der Waals surface area contributed by atoms with E-state index in [4.69, 9.17) is 16.3 Å². The van der Waals surface area contributed by atoms with E-state index in [2.05, 4.69) is 5.32 Å². The highest BCUT2D eigenvalue weighted by atomic mass is 35.5. The van der Waals surface area contributed by atoms with Gasteiger partial charge in [-0.15, -0.1) is 11.6 Å². The number of halogens is 2. The van der Waals surface area contributed by atoms with E-state index < -0.39 is 0 Å². The van der Waals surface area contributed by atoms with Crippen molar-refractivity contribution >= 4 is 11.6 Å². The van der Waals surface area contributed by atoms with Crippen LogP contribution < -0.4 is 5.32 Å². The molecule has 4 heteroatoms. The van der Waals surface area contributed by atoms with E-state index >= 15 is 0 Å². The Morgan fingerprint density at radius 3 is 2.72 bits per heavy atom. The number of ether oxygens (including phenoxy) is 1. The van der Waals surface area contributed by atoms with Crippen LogP contribution >= 0.6 is 11.6 Å². The van der Waals surface area contributed by atoms with Gasteiger partial charge < -0.3 is 10.1 Å². The highest BCUT2D eigenvalue weighted by Crippen LogP contribution is 2.23. The first-order chi connectivity index (χ1) is 8.65. The lowest BCUT2D eigenvalue weighted by atomic mass is 9.91. The molecule has 0 amide bonds. The van der Waals surface area contributed by atoms with Crippen molar-refractivity contribution < 1.29 is 9.13 Å². The van der Waals surface area contributed by atoms with Crippen molar-refractivity contribution in [1.82, 2.24) is 5.32 Å². The van der Waals surface area contributed by atoms with Crippen molar-refractivity contribution in [2.24, 2.45) is 0 Å². The normalized spacial score (nSPS) is 18.8. The van der Waals surface area contributed by atoms with Gasteiger partial charge in [0.1, 0.15) is 5.82 Å².